The Kier molecular flexibility index (Phi) is 5.81. The molecule has 0 aromatic heterocycles. The summed E-state index contributed by atoms with van der Waals surface area (Å²) in [6.07, 6.45) is 1.19. The van der Waals surface area contributed by atoms with Gasteiger partial charge < -0.3 is 14.4 Å². The van der Waals surface area contributed by atoms with Gasteiger partial charge >= 0.3 is 0 Å². The van der Waals surface area contributed by atoms with Gasteiger partial charge in [0.15, 0.2) is 6.10 Å². The SMILES string of the molecule is COc1cccc(C2CCCN2C(=O)C(C)Oc2ccc(F)cc2Br)c1. The lowest BCUT2D eigenvalue weighted by Gasteiger charge is -2.28. The molecule has 0 radical (unpaired) electrons. The third-order valence-corrected chi connectivity index (χ3v) is 5.18. The highest BCUT2D eigenvalue weighted by Gasteiger charge is 2.33. The zero-order chi connectivity index (χ0) is 18.7. The number of halogens is 2. The van der Waals surface area contributed by atoms with Gasteiger partial charge in [0.2, 0.25) is 0 Å². The summed E-state index contributed by atoms with van der Waals surface area (Å²) in [5, 5.41) is 0. The Morgan fingerprint density at radius 3 is 2.85 bits per heavy atom. The number of benzene rings is 2. The van der Waals surface area contributed by atoms with Crippen molar-refractivity contribution in [1.29, 1.82) is 0 Å². The Labute approximate surface area is 161 Å². The van der Waals surface area contributed by atoms with E-state index >= 15 is 0 Å². The Morgan fingerprint density at radius 2 is 2.12 bits per heavy atom. The van der Waals surface area contributed by atoms with Gasteiger partial charge in [0.25, 0.3) is 5.91 Å². The van der Waals surface area contributed by atoms with E-state index < -0.39 is 6.10 Å². The maximum Gasteiger partial charge on any atom is 0.263 e. The average molecular weight is 422 g/mol. The van der Waals surface area contributed by atoms with Crippen LogP contribution in [0.25, 0.3) is 0 Å². The first-order valence-corrected chi connectivity index (χ1v) is 9.35. The number of ether oxygens (including phenoxy) is 2. The summed E-state index contributed by atoms with van der Waals surface area (Å²) < 4.78 is 24.8. The standard InChI is InChI=1S/C20H21BrFNO3/c1-13(26-19-9-8-15(22)12-17(19)21)20(24)23-10-4-7-18(23)14-5-3-6-16(11-14)25-2/h3,5-6,8-9,11-13,18H,4,7,10H2,1-2H3. The molecule has 1 heterocycles. The first-order chi connectivity index (χ1) is 12.5. The number of methoxy groups -OCH3 is 1. The molecule has 1 aliphatic heterocycles. The molecule has 2 aromatic rings. The fraction of sp³-hybridized carbons (Fsp3) is 0.350. The van der Waals surface area contributed by atoms with Gasteiger partial charge in [-0.15, -0.1) is 0 Å². The van der Waals surface area contributed by atoms with Gasteiger partial charge in [-0.3, -0.25) is 4.79 Å². The second-order valence-corrected chi connectivity index (χ2v) is 7.16. The number of hydrogen-bond donors (Lipinski definition) is 0. The van der Waals surface area contributed by atoms with Crippen molar-refractivity contribution >= 4 is 21.8 Å². The minimum Gasteiger partial charge on any atom is -0.497 e. The van der Waals surface area contributed by atoms with Gasteiger partial charge in [0.05, 0.1) is 17.6 Å². The van der Waals surface area contributed by atoms with E-state index in [0.717, 1.165) is 24.2 Å². The molecule has 0 saturated carbocycles. The topological polar surface area (TPSA) is 38.8 Å². The summed E-state index contributed by atoms with van der Waals surface area (Å²) >= 11 is 3.27. The Bertz CT molecular complexity index is 798. The molecule has 1 amide bonds. The smallest absolute Gasteiger partial charge is 0.263 e. The van der Waals surface area contributed by atoms with Crippen LogP contribution in [0.15, 0.2) is 46.9 Å². The lowest BCUT2D eigenvalue weighted by molar-refractivity contribution is -0.139. The van der Waals surface area contributed by atoms with Gasteiger partial charge in [-0.05, 0) is 71.6 Å². The van der Waals surface area contributed by atoms with Crippen molar-refractivity contribution < 1.29 is 18.7 Å². The maximum atomic E-state index is 13.2. The molecule has 2 aromatic carbocycles. The van der Waals surface area contributed by atoms with E-state index in [-0.39, 0.29) is 17.8 Å². The molecule has 3 rings (SSSR count). The van der Waals surface area contributed by atoms with E-state index in [4.69, 9.17) is 9.47 Å². The lowest BCUT2D eigenvalue weighted by atomic mass is 10.0. The van der Waals surface area contributed by atoms with Crippen molar-refractivity contribution in [2.45, 2.75) is 31.9 Å². The van der Waals surface area contributed by atoms with Gasteiger partial charge in [0.1, 0.15) is 17.3 Å². The zero-order valence-corrected chi connectivity index (χ0v) is 16.3. The normalized spacial score (nSPS) is 17.8. The molecule has 0 aliphatic carbocycles. The van der Waals surface area contributed by atoms with Crippen molar-refractivity contribution in [3.63, 3.8) is 0 Å². The monoisotopic (exact) mass is 421 g/mol. The molecule has 1 saturated heterocycles. The first kappa shape index (κ1) is 18.7. The quantitative estimate of drug-likeness (QED) is 0.700. The number of carbonyl (C=O) groups excluding carboxylic acids is 1. The summed E-state index contributed by atoms with van der Waals surface area (Å²) in [7, 11) is 1.63. The molecular weight excluding hydrogens is 401 g/mol. The highest BCUT2D eigenvalue weighted by atomic mass is 79.9. The van der Waals surface area contributed by atoms with E-state index in [9.17, 15) is 9.18 Å². The maximum absolute atomic E-state index is 13.2. The number of amides is 1. The number of nitrogens with zero attached hydrogens (tertiary/aromatic N) is 1. The predicted molar refractivity (Wildman–Crippen MR) is 101 cm³/mol. The van der Waals surface area contributed by atoms with E-state index in [0.29, 0.717) is 16.8 Å². The fourth-order valence-electron chi connectivity index (χ4n) is 3.27. The molecule has 26 heavy (non-hydrogen) atoms. The van der Waals surface area contributed by atoms with Crippen molar-refractivity contribution in [3.05, 3.63) is 58.3 Å². The summed E-state index contributed by atoms with van der Waals surface area (Å²) in [5.41, 5.74) is 1.06. The van der Waals surface area contributed by atoms with E-state index in [1.807, 2.05) is 29.2 Å². The number of carbonyl (C=O) groups is 1. The van der Waals surface area contributed by atoms with Crippen LogP contribution in [0.4, 0.5) is 4.39 Å². The van der Waals surface area contributed by atoms with Crippen molar-refractivity contribution in [3.8, 4) is 11.5 Å². The highest BCUT2D eigenvalue weighted by molar-refractivity contribution is 9.10. The minimum atomic E-state index is -0.664. The summed E-state index contributed by atoms with van der Waals surface area (Å²) in [6.45, 7) is 2.41. The summed E-state index contributed by atoms with van der Waals surface area (Å²) in [4.78, 5) is 14.8. The molecule has 1 aliphatic rings. The highest BCUT2D eigenvalue weighted by Crippen LogP contribution is 2.34. The fourth-order valence-corrected chi connectivity index (χ4v) is 3.72. The lowest BCUT2D eigenvalue weighted by Crippen LogP contribution is -2.40. The summed E-state index contributed by atoms with van der Waals surface area (Å²) in [6, 6.07) is 12.0. The molecule has 4 nitrogen and oxygen atoms in total. The molecule has 6 heteroatoms. The molecule has 2 unspecified atom stereocenters. The van der Waals surface area contributed by atoms with Gasteiger partial charge in [0, 0.05) is 6.54 Å². The Morgan fingerprint density at radius 1 is 1.31 bits per heavy atom. The van der Waals surface area contributed by atoms with Gasteiger partial charge in [-0.1, -0.05) is 12.1 Å². The van der Waals surface area contributed by atoms with Gasteiger partial charge in [-0.2, -0.15) is 0 Å². The summed E-state index contributed by atoms with van der Waals surface area (Å²) in [5.74, 6) is 0.790. The van der Waals surface area contributed by atoms with Crippen LogP contribution in [0.2, 0.25) is 0 Å². The van der Waals surface area contributed by atoms with Gasteiger partial charge in [-0.25, -0.2) is 4.39 Å². The van der Waals surface area contributed by atoms with E-state index in [1.165, 1.54) is 18.2 Å². The van der Waals surface area contributed by atoms with Crippen LogP contribution in [0, 0.1) is 5.82 Å². The van der Waals surface area contributed by atoms with Crippen molar-refractivity contribution in [2.24, 2.45) is 0 Å². The molecule has 0 N–H and O–H groups in total. The van der Waals surface area contributed by atoms with Crippen molar-refractivity contribution in [1.82, 2.24) is 4.90 Å². The van der Waals surface area contributed by atoms with Crippen LogP contribution in [-0.4, -0.2) is 30.6 Å². The van der Waals surface area contributed by atoms with Crippen LogP contribution in [-0.2, 0) is 4.79 Å². The van der Waals surface area contributed by atoms with Crippen LogP contribution >= 0.6 is 15.9 Å². The second kappa shape index (κ2) is 8.08. The van der Waals surface area contributed by atoms with Crippen LogP contribution in [0.3, 0.4) is 0 Å². The van der Waals surface area contributed by atoms with E-state index in [2.05, 4.69) is 15.9 Å². The Hall–Kier alpha value is -2.08. The minimum absolute atomic E-state index is 0.0142. The first-order valence-electron chi connectivity index (χ1n) is 8.55. The third-order valence-electron chi connectivity index (χ3n) is 4.56. The number of likely N-dealkylation sites (tertiary alicyclic amines) is 1. The molecule has 0 spiro atoms. The largest absolute Gasteiger partial charge is 0.497 e. The molecular formula is C20H21BrFNO3. The molecule has 2 atom stereocenters. The molecule has 1 fully saturated rings. The third kappa shape index (κ3) is 4.01. The van der Waals surface area contributed by atoms with E-state index in [1.54, 1.807) is 14.0 Å². The molecule has 138 valence electrons. The van der Waals surface area contributed by atoms with Crippen LogP contribution < -0.4 is 9.47 Å². The number of hydrogen-bond acceptors (Lipinski definition) is 3. The molecule has 0 bridgehead atoms. The van der Waals surface area contributed by atoms with Crippen LogP contribution in [0.1, 0.15) is 31.4 Å². The number of rotatable bonds is 5. The van der Waals surface area contributed by atoms with Crippen LogP contribution in [0.5, 0.6) is 11.5 Å². The Balaban J connectivity index is 1.74. The zero-order valence-electron chi connectivity index (χ0n) is 14.7. The second-order valence-electron chi connectivity index (χ2n) is 6.30. The average Bonchev–Trinajstić information content (AvgIpc) is 3.13. The predicted octanol–water partition coefficient (Wildman–Crippen LogP) is 4.73. The van der Waals surface area contributed by atoms with Crippen molar-refractivity contribution in [2.75, 3.05) is 13.7 Å².